The first-order valence-electron chi connectivity index (χ1n) is 6.75. The molecule has 0 spiro atoms. The number of carboxylic acid groups (broad SMARTS) is 1. The Morgan fingerprint density at radius 1 is 1.50 bits per heavy atom. The van der Waals surface area contributed by atoms with E-state index >= 15 is 0 Å². The van der Waals surface area contributed by atoms with Gasteiger partial charge in [0.1, 0.15) is 0 Å². The smallest absolute Gasteiger partial charge is 0.317 e. The molecule has 1 saturated heterocycles. The molecule has 1 saturated carbocycles. The van der Waals surface area contributed by atoms with Gasteiger partial charge >= 0.3 is 12.0 Å². The molecule has 5 heteroatoms. The molecule has 1 aliphatic heterocycles. The van der Waals surface area contributed by atoms with Crippen molar-refractivity contribution in [2.24, 2.45) is 11.3 Å². The van der Waals surface area contributed by atoms with Crippen molar-refractivity contribution in [3.63, 3.8) is 0 Å². The SMILES string of the molecule is CCCC1CC1NC(=O)N1CCC(C)(C(=O)O)C1. The summed E-state index contributed by atoms with van der Waals surface area (Å²) in [5, 5.41) is 12.1. The topological polar surface area (TPSA) is 69.6 Å². The van der Waals surface area contributed by atoms with E-state index in [9.17, 15) is 9.59 Å². The summed E-state index contributed by atoms with van der Waals surface area (Å²) in [4.78, 5) is 24.7. The number of rotatable bonds is 4. The quantitative estimate of drug-likeness (QED) is 0.802. The van der Waals surface area contributed by atoms with Gasteiger partial charge in [-0.05, 0) is 32.1 Å². The lowest BCUT2D eigenvalue weighted by Crippen LogP contribution is -2.42. The van der Waals surface area contributed by atoms with Crippen molar-refractivity contribution in [3.8, 4) is 0 Å². The average molecular weight is 254 g/mol. The maximum Gasteiger partial charge on any atom is 0.317 e. The van der Waals surface area contributed by atoms with E-state index < -0.39 is 11.4 Å². The molecule has 0 aromatic rings. The highest BCUT2D eigenvalue weighted by molar-refractivity contribution is 5.79. The maximum atomic E-state index is 12.0. The molecular weight excluding hydrogens is 232 g/mol. The average Bonchev–Trinajstić information content (AvgIpc) is 2.88. The van der Waals surface area contributed by atoms with Gasteiger partial charge in [-0.25, -0.2) is 4.79 Å². The fraction of sp³-hybridized carbons (Fsp3) is 0.846. The summed E-state index contributed by atoms with van der Waals surface area (Å²) in [6.07, 6.45) is 3.93. The lowest BCUT2D eigenvalue weighted by atomic mass is 9.90. The fourth-order valence-corrected chi connectivity index (χ4v) is 2.67. The van der Waals surface area contributed by atoms with Crippen molar-refractivity contribution in [2.45, 2.75) is 45.6 Å². The summed E-state index contributed by atoms with van der Waals surface area (Å²) in [5.74, 6) is -0.180. The normalized spacial score (nSPS) is 34.4. The number of urea groups is 1. The molecule has 0 bridgehead atoms. The van der Waals surface area contributed by atoms with Crippen LogP contribution in [-0.4, -0.2) is 41.1 Å². The van der Waals surface area contributed by atoms with E-state index in [1.165, 1.54) is 0 Å². The van der Waals surface area contributed by atoms with E-state index in [0.717, 1.165) is 19.3 Å². The molecule has 2 aliphatic rings. The molecule has 3 atom stereocenters. The Bertz CT molecular complexity index is 358. The summed E-state index contributed by atoms with van der Waals surface area (Å²) in [6, 6.07) is 0.220. The molecule has 1 heterocycles. The first kappa shape index (κ1) is 13.2. The van der Waals surface area contributed by atoms with Crippen molar-refractivity contribution < 1.29 is 14.7 Å². The number of likely N-dealkylation sites (tertiary alicyclic amines) is 1. The Kier molecular flexibility index (Phi) is 3.50. The molecule has 18 heavy (non-hydrogen) atoms. The lowest BCUT2D eigenvalue weighted by Gasteiger charge is -2.20. The monoisotopic (exact) mass is 254 g/mol. The Labute approximate surface area is 108 Å². The van der Waals surface area contributed by atoms with Gasteiger partial charge < -0.3 is 15.3 Å². The van der Waals surface area contributed by atoms with Crippen LogP contribution in [0.1, 0.15) is 39.5 Å². The minimum atomic E-state index is -0.812. The van der Waals surface area contributed by atoms with Crippen molar-refractivity contribution in [2.75, 3.05) is 13.1 Å². The molecular formula is C13H22N2O3. The van der Waals surface area contributed by atoms with Gasteiger partial charge in [-0.15, -0.1) is 0 Å². The zero-order valence-corrected chi connectivity index (χ0v) is 11.1. The molecule has 0 radical (unpaired) electrons. The zero-order valence-electron chi connectivity index (χ0n) is 11.1. The highest BCUT2D eigenvalue weighted by Crippen LogP contribution is 2.35. The van der Waals surface area contributed by atoms with Gasteiger partial charge in [0.2, 0.25) is 0 Å². The predicted molar refractivity (Wildman–Crippen MR) is 67.3 cm³/mol. The Morgan fingerprint density at radius 2 is 2.22 bits per heavy atom. The summed E-state index contributed by atoms with van der Waals surface area (Å²) in [7, 11) is 0. The third kappa shape index (κ3) is 2.60. The Hall–Kier alpha value is -1.26. The molecule has 2 N–H and O–H groups in total. The molecule has 0 aromatic carbocycles. The predicted octanol–water partition coefficient (Wildman–Crippen LogP) is 1.68. The first-order valence-corrected chi connectivity index (χ1v) is 6.75. The summed E-state index contributed by atoms with van der Waals surface area (Å²) in [6.45, 7) is 4.72. The number of carboxylic acids is 1. The summed E-state index contributed by atoms with van der Waals surface area (Å²) < 4.78 is 0. The number of amides is 2. The van der Waals surface area contributed by atoms with Gasteiger partial charge in [-0.2, -0.15) is 0 Å². The number of carbonyl (C=O) groups is 2. The minimum absolute atomic E-state index is 0.0939. The zero-order chi connectivity index (χ0) is 13.3. The van der Waals surface area contributed by atoms with E-state index in [4.69, 9.17) is 5.11 Å². The van der Waals surface area contributed by atoms with E-state index in [0.29, 0.717) is 31.5 Å². The molecule has 2 fully saturated rings. The lowest BCUT2D eigenvalue weighted by molar-refractivity contribution is -0.146. The number of nitrogens with zero attached hydrogens (tertiary/aromatic N) is 1. The molecule has 0 aromatic heterocycles. The number of nitrogens with one attached hydrogen (secondary N) is 1. The van der Waals surface area contributed by atoms with Gasteiger partial charge in [0, 0.05) is 19.1 Å². The van der Waals surface area contributed by atoms with Gasteiger partial charge in [-0.1, -0.05) is 13.3 Å². The van der Waals surface area contributed by atoms with Crippen molar-refractivity contribution in [3.05, 3.63) is 0 Å². The van der Waals surface area contributed by atoms with Crippen LogP contribution in [0.25, 0.3) is 0 Å². The molecule has 5 nitrogen and oxygen atoms in total. The molecule has 1 aliphatic carbocycles. The molecule has 102 valence electrons. The number of aliphatic carboxylic acids is 1. The van der Waals surface area contributed by atoms with Crippen LogP contribution in [0.3, 0.4) is 0 Å². The van der Waals surface area contributed by atoms with Crippen LogP contribution >= 0.6 is 0 Å². The van der Waals surface area contributed by atoms with Crippen LogP contribution in [0.4, 0.5) is 4.79 Å². The van der Waals surface area contributed by atoms with Gasteiger partial charge in [-0.3, -0.25) is 4.79 Å². The van der Waals surface area contributed by atoms with E-state index in [1.807, 2.05) is 0 Å². The van der Waals surface area contributed by atoms with Crippen molar-refractivity contribution >= 4 is 12.0 Å². The van der Waals surface area contributed by atoms with Gasteiger partial charge in [0.15, 0.2) is 0 Å². The third-order valence-electron chi connectivity index (χ3n) is 4.17. The number of hydrogen-bond acceptors (Lipinski definition) is 2. The van der Waals surface area contributed by atoms with E-state index in [2.05, 4.69) is 12.2 Å². The van der Waals surface area contributed by atoms with Crippen molar-refractivity contribution in [1.29, 1.82) is 0 Å². The second-order valence-corrected chi connectivity index (χ2v) is 5.88. The minimum Gasteiger partial charge on any atom is -0.481 e. The largest absolute Gasteiger partial charge is 0.481 e. The summed E-state index contributed by atoms with van der Waals surface area (Å²) >= 11 is 0. The second kappa shape index (κ2) is 4.78. The van der Waals surface area contributed by atoms with Gasteiger partial charge in [0.25, 0.3) is 0 Å². The highest BCUT2D eigenvalue weighted by Gasteiger charge is 2.44. The van der Waals surface area contributed by atoms with Gasteiger partial charge in [0.05, 0.1) is 5.41 Å². The summed E-state index contributed by atoms with van der Waals surface area (Å²) in [5.41, 5.74) is -0.774. The highest BCUT2D eigenvalue weighted by atomic mass is 16.4. The second-order valence-electron chi connectivity index (χ2n) is 5.88. The first-order chi connectivity index (χ1) is 8.46. The van der Waals surface area contributed by atoms with Crippen molar-refractivity contribution in [1.82, 2.24) is 10.2 Å². The van der Waals surface area contributed by atoms with Crippen LogP contribution in [0.5, 0.6) is 0 Å². The van der Waals surface area contributed by atoms with E-state index in [1.54, 1.807) is 11.8 Å². The standard InChI is InChI=1S/C13H22N2O3/c1-3-4-9-7-10(9)14-12(18)15-6-5-13(2,8-15)11(16)17/h9-10H,3-8H2,1-2H3,(H,14,18)(H,16,17). The number of hydrogen-bond donors (Lipinski definition) is 2. The van der Waals surface area contributed by atoms with E-state index in [-0.39, 0.29) is 6.03 Å². The van der Waals surface area contributed by atoms with Crippen LogP contribution < -0.4 is 5.32 Å². The van der Waals surface area contributed by atoms with Crippen LogP contribution in [0.2, 0.25) is 0 Å². The molecule has 2 rings (SSSR count). The van der Waals surface area contributed by atoms with Crippen LogP contribution in [0, 0.1) is 11.3 Å². The van der Waals surface area contributed by atoms with Crippen LogP contribution in [-0.2, 0) is 4.79 Å². The molecule has 2 amide bonds. The maximum absolute atomic E-state index is 12.0. The van der Waals surface area contributed by atoms with Crippen LogP contribution in [0.15, 0.2) is 0 Å². The molecule has 3 unspecified atom stereocenters. The third-order valence-corrected chi connectivity index (χ3v) is 4.17. The fourth-order valence-electron chi connectivity index (χ4n) is 2.67. The number of carbonyl (C=O) groups excluding carboxylic acids is 1. The Balaban J connectivity index is 1.80. The Morgan fingerprint density at radius 3 is 2.78 bits per heavy atom.